The molecule has 2 unspecified atom stereocenters. The third kappa shape index (κ3) is 3.55. The van der Waals surface area contributed by atoms with Crippen molar-refractivity contribution in [2.75, 3.05) is 13.1 Å². The third-order valence-electron chi connectivity index (χ3n) is 6.78. The molecule has 3 aliphatic heterocycles. The minimum Gasteiger partial charge on any atom is -0.342 e. The number of ether oxygens (including phenoxy) is 1. The molecule has 2 aromatic rings. The number of benzene rings is 2. The number of piperidine rings is 1. The largest absolute Gasteiger partial charge is 0.342 e. The number of fused-ring (bicyclic) bond motifs is 1. The Morgan fingerprint density at radius 3 is 2.39 bits per heavy atom. The smallest absolute Gasteiger partial charge is 0.257 e. The van der Waals surface area contributed by atoms with E-state index in [1.54, 1.807) is 4.90 Å². The molecule has 0 N–H and O–H groups in total. The number of hydrogen-bond donors (Lipinski definition) is 0. The maximum Gasteiger partial charge on any atom is 0.257 e. The van der Waals surface area contributed by atoms with Crippen molar-refractivity contribution in [3.63, 3.8) is 0 Å². The molecule has 3 saturated heterocycles. The average molecular weight is 455 g/mol. The molecule has 9 heteroatoms. The SMILES string of the molecule is N#Cc1ccc(C(=O)N2CCC3(CC2)OC2CCC(c4cc(F)cc(F)c4)N2C3=O)c(F)c1. The van der Waals surface area contributed by atoms with Crippen molar-refractivity contribution in [1.82, 2.24) is 9.80 Å². The molecule has 1 spiro atoms. The van der Waals surface area contributed by atoms with Crippen molar-refractivity contribution >= 4 is 11.8 Å². The summed E-state index contributed by atoms with van der Waals surface area (Å²) in [7, 11) is 0. The van der Waals surface area contributed by atoms with Crippen LogP contribution >= 0.6 is 0 Å². The van der Waals surface area contributed by atoms with Crippen molar-refractivity contribution < 1.29 is 27.5 Å². The van der Waals surface area contributed by atoms with E-state index in [-0.39, 0.29) is 43.0 Å². The molecule has 3 aliphatic rings. The lowest BCUT2D eigenvalue weighted by Crippen LogP contribution is -2.51. The lowest BCUT2D eigenvalue weighted by Gasteiger charge is -2.37. The minimum absolute atomic E-state index is 0.125. The van der Waals surface area contributed by atoms with Gasteiger partial charge in [0.05, 0.1) is 23.2 Å². The van der Waals surface area contributed by atoms with E-state index < -0.39 is 41.2 Å². The number of rotatable bonds is 2. The Hall–Kier alpha value is -3.38. The highest BCUT2D eigenvalue weighted by Crippen LogP contribution is 2.47. The molecule has 2 atom stereocenters. The Balaban J connectivity index is 1.31. The maximum atomic E-state index is 14.3. The van der Waals surface area contributed by atoms with Crippen LogP contribution in [0.15, 0.2) is 36.4 Å². The fourth-order valence-electron chi connectivity index (χ4n) is 5.14. The first-order valence-electron chi connectivity index (χ1n) is 10.8. The van der Waals surface area contributed by atoms with Gasteiger partial charge < -0.3 is 14.5 Å². The zero-order chi connectivity index (χ0) is 23.3. The van der Waals surface area contributed by atoms with E-state index in [0.717, 1.165) is 12.1 Å². The van der Waals surface area contributed by atoms with Gasteiger partial charge in [-0.15, -0.1) is 0 Å². The van der Waals surface area contributed by atoms with Gasteiger partial charge in [-0.25, -0.2) is 13.2 Å². The fraction of sp³-hybridized carbons (Fsp3) is 0.375. The zero-order valence-electron chi connectivity index (χ0n) is 17.6. The molecule has 0 radical (unpaired) electrons. The van der Waals surface area contributed by atoms with Crippen LogP contribution in [0.1, 0.15) is 53.2 Å². The van der Waals surface area contributed by atoms with Gasteiger partial charge in [0, 0.05) is 32.0 Å². The number of halogens is 3. The van der Waals surface area contributed by atoms with Gasteiger partial charge in [-0.3, -0.25) is 9.59 Å². The average Bonchev–Trinajstić information content (AvgIpc) is 3.31. The van der Waals surface area contributed by atoms with E-state index in [1.165, 1.54) is 29.2 Å². The molecule has 33 heavy (non-hydrogen) atoms. The Bertz CT molecular complexity index is 1170. The summed E-state index contributed by atoms with van der Waals surface area (Å²) >= 11 is 0. The third-order valence-corrected chi connectivity index (χ3v) is 6.78. The second-order valence-electron chi connectivity index (χ2n) is 8.67. The number of nitrogens with zero attached hydrogens (tertiary/aromatic N) is 3. The molecule has 2 amide bonds. The van der Waals surface area contributed by atoms with Gasteiger partial charge in [-0.2, -0.15) is 5.26 Å². The second-order valence-corrected chi connectivity index (χ2v) is 8.67. The second kappa shape index (κ2) is 7.89. The fourth-order valence-corrected chi connectivity index (χ4v) is 5.14. The monoisotopic (exact) mass is 455 g/mol. The number of hydrogen-bond acceptors (Lipinski definition) is 4. The topological polar surface area (TPSA) is 73.6 Å². The van der Waals surface area contributed by atoms with E-state index in [9.17, 15) is 22.8 Å². The van der Waals surface area contributed by atoms with Crippen LogP contribution in [-0.2, 0) is 9.53 Å². The van der Waals surface area contributed by atoms with Gasteiger partial charge in [-0.1, -0.05) is 0 Å². The molecule has 0 aromatic heterocycles. The summed E-state index contributed by atoms with van der Waals surface area (Å²) in [5, 5.41) is 8.87. The molecule has 3 fully saturated rings. The normalized spacial score (nSPS) is 23.6. The predicted molar refractivity (Wildman–Crippen MR) is 109 cm³/mol. The summed E-state index contributed by atoms with van der Waals surface area (Å²) in [5.41, 5.74) is -0.708. The first-order valence-corrected chi connectivity index (χ1v) is 10.8. The summed E-state index contributed by atoms with van der Waals surface area (Å²) in [6, 6.07) is 8.32. The highest BCUT2D eigenvalue weighted by molar-refractivity contribution is 5.95. The van der Waals surface area contributed by atoms with Crippen molar-refractivity contribution in [2.45, 2.75) is 43.6 Å². The Labute approximate surface area is 188 Å². The van der Waals surface area contributed by atoms with Crippen molar-refractivity contribution in [1.29, 1.82) is 5.26 Å². The van der Waals surface area contributed by atoms with Crippen LogP contribution in [0.5, 0.6) is 0 Å². The van der Waals surface area contributed by atoms with E-state index in [1.807, 2.05) is 6.07 Å². The molecule has 170 valence electrons. The molecule has 0 bridgehead atoms. The van der Waals surface area contributed by atoms with Gasteiger partial charge in [0.25, 0.3) is 11.8 Å². The molecule has 3 heterocycles. The molecular weight excluding hydrogens is 435 g/mol. The number of amides is 2. The Morgan fingerprint density at radius 1 is 1.06 bits per heavy atom. The Morgan fingerprint density at radius 2 is 1.76 bits per heavy atom. The predicted octanol–water partition coefficient (Wildman–Crippen LogP) is 3.67. The van der Waals surface area contributed by atoms with Gasteiger partial charge in [0.2, 0.25) is 0 Å². The van der Waals surface area contributed by atoms with Crippen molar-refractivity contribution in [2.24, 2.45) is 0 Å². The highest BCUT2D eigenvalue weighted by Gasteiger charge is 2.58. The number of nitriles is 1. The van der Waals surface area contributed by atoms with E-state index in [4.69, 9.17) is 10.00 Å². The van der Waals surface area contributed by atoms with Crippen molar-refractivity contribution in [3.8, 4) is 6.07 Å². The zero-order valence-corrected chi connectivity index (χ0v) is 17.6. The van der Waals surface area contributed by atoms with Gasteiger partial charge in [0.1, 0.15) is 23.7 Å². The summed E-state index contributed by atoms with van der Waals surface area (Å²) < 4.78 is 47.9. The standard InChI is InChI=1S/C24H20F3N3O3/c25-16-10-15(11-17(26)12-16)20-3-4-21-30(20)23(32)24(33-21)5-7-29(8-6-24)22(31)18-2-1-14(13-28)9-19(18)27/h1-2,9-12,20-21H,3-8H2. The van der Waals surface area contributed by atoms with Crippen LogP contribution in [0.2, 0.25) is 0 Å². The summed E-state index contributed by atoms with van der Waals surface area (Å²) in [4.78, 5) is 29.2. The van der Waals surface area contributed by atoms with Gasteiger partial charge in [-0.05, 0) is 48.7 Å². The number of likely N-dealkylation sites (tertiary alicyclic amines) is 1. The van der Waals surface area contributed by atoms with Crippen LogP contribution in [0.4, 0.5) is 13.2 Å². The van der Waals surface area contributed by atoms with Crippen LogP contribution in [0.25, 0.3) is 0 Å². The summed E-state index contributed by atoms with van der Waals surface area (Å²) in [6.07, 6.45) is 1.10. The summed E-state index contributed by atoms with van der Waals surface area (Å²) in [5.74, 6) is -2.91. The molecular formula is C24H20F3N3O3. The first-order chi connectivity index (χ1) is 15.8. The van der Waals surface area contributed by atoms with Crippen LogP contribution in [-0.4, -0.2) is 46.5 Å². The van der Waals surface area contributed by atoms with E-state index in [2.05, 4.69) is 0 Å². The first kappa shape index (κ1) is 21.5. The van der Waals surface area contributed by atoms with Crippen LogP contribution in [0.3, 0.4) is 0 Å². The molecule has 0 aliphatic carbocycles. The van der Waals surface area contributed by atoms with Crippen LogP contribution in [0, 0.1) is 28.8 Å². The number of carbonyl (C=O) groups excluding carboxylic acids is 2. The maximum absolute atomic E-state index is 14.3. The lowest BCUT2D eigenvalue weighted by atomic mass is 9.89. The lowest BCUT2D eigenvalue weighted by molar-refractivity contribution is -0.142. The van der Waals surface area contributed by atoms with E-state index >= 15 is 0 Å². The van der Waals surface area contributed by atoms with Gasteiger partial charge >= 0.3 is 0 Å². The van der Waals surface area contributed by atoms with E-state index in [0.29, 0.717) is 18.4 Å². The van der Waals surface area contributed by atoms with Crippen LogP contribution < -0.4 is 0 Å². The summed E-state index contributed by atoms with van der Waals surface area (Å²) in [6.45, 7) is 0.396. The highest BCUT2D eigenvalue weighted by atomic mass is 19.1. The number of carbonyl (C=O) groups is 2. The quantitative estimate of drug-likeness (QED) is 0.693. The minimum atomic E-state index is -1.10. The molecule has 5 rings (SSSR count). The van der Waals surface area contributed by atoms with Crippen molar-refractivity contribution in [3.05, 3.63) is 70.5 Å². The molecule has 6 nitrogen and oxygen atoms in total. The molecule has 2 aromatic carbocycles. The Kier molecular flexibility index (Phi) is 5.13. The van der Waals surface area contributed by atoms with Gasteiger partial charge in [0.15, 0.2) is 5.60 Å². The molecule has 0 saturated carbocycles.